The number of fused-ring (bicyclic) bond motifs is 4. The second-order valence-corrected chi connectivity index (χ2v) is 10.2. The first kappa shape index (κ1) is 25.4. The molecule has 1 saturated carbocycles. The predicted molar refractivity (Wildman–Crippen MR) is 133 cm³/mol. The SMILES string of the molecule is O=CO.O=CO.c1ccc(C[C@H]2[C@H]3C[C@H](CN(Cc4nccn4C4CC4)C3)[C@@H]3CCCCN32)cc1. The van der Waals surface area contributed by atoms with Crippen LogP contribution in [-0.2, 0) is 22.6 Å². The summed E-state index contributed by atoms with van der Waals surface area (Å²) in [5, 5.41) is 13.8. The van der Waals surface area contributed by atoms with E-state index in [-0.39, 0.29) is 12.9 Å². The molecule has 0 radical (unpaired) electrons. The monoisotopic (exact) mass is 482 g/mol. The standard InChI is InChI=1S/C25H34N4.2CH2O2/c1-2-6-19(7-3-1)14-24-21-15-20(23-8-4-5-12-29(23)24)16-27(17-21)18-25-26-11-13-28(25)22-9-10-22;2*2-1-3/h1-3,6-7,11,13,20-24H,4-5,8-10,12,14-18H2;2*1H,(H,2,3)/t20-,21+,23+,24+;;/m1../s1. The molecule has 2 N–H and O–H groups in total. The van der Waals surface area contributed by atoms with Gasteiger partial charge in [-0.25, -0.2) is 4.98 Å². The Bertz CT molecular complexity index is 926. The molecule has 4 fully saturated rings. The van der Waals surface area contributed by atoms with Crippen molar-refractivity contribution in [2.75, 3.05) is 19.6 Å². The van der Waals surface area contributed by atoms with Gasteiger partial charge < -0.3 is 14.8 Å². The maximum absolute atomic E-state index is 8.36. The summed E-state index contributed by atoms with van der Waals surface area (Å²) in [6, 6.07) is 13.5. The molecule has 2 bridgehead atoms. The minimum absolute atomic E-state index is 0.250. The third kappa shape index (κ3) is 6.30. The Morgan fingerprint density at radius 1 is 0.971 bits per heavy atom. The Kier molecular flexibility index (Phi) is 8.93. The fraction of sp³-hybridized carbons (Fsp3) is 0.593. The van der Waals surface area contributed by atoms with E-state index in [9.17, 15) is 0 Å². The number of carbonyl (C=O) groups is 2. The van der Waals surface area contributed by atoms with E-state index in [4.69, 9.17) is 24.8 Å². The van der Waals surface area contributed by atoms with E-state index in [0.29, 0.717) is 6.04 Å². The summed E-state index contributed by atoms with van der Waals surface area (Å²) in [4.78, 5) is 27.2. The van der Waals surface area contributed by atoms with Crippen molar-refractivity contribution in [2.45, 2.75) is 69.6 Å². The van der Waals surface area contributed by atoms with E-state index >= 15 is 0 Å². The van der Waals surface area contributed by atoms with Gasteiger partial charge in [0.15, 0.2) is 0 Å². The molecule has 0 amide bonds. The van der Waals surface area contributed by atoms with Gasteiger partial charge >= 0.3 is 0 Å². The molecule has 4 atom stereocenters. The highest BCUT2D eigenvalue weighted by atomic mass is 16.3. The van der Waals surface area contributed by atoms with Crippen LogP contribution >= 0.6 is 0 Å². The van der Waals surface area contributed by atoms with Gasteiger partial charge in [0.2, 0.25) is 0 Å². The molecule has 8 nitrogen and oxygen atoms in total. The minimum Gasteiger partial charge on any atom is -0.483 e. The van der Waals surface area contributed by atoms with Crippen molar-refractivity contribution in [1.29, 1.82) is 0 Å². The van der Waals surface area contributed by atoms with Crippen LogP contribution in [0, 0.1) is 11.8 Å². The van der Waals surface area contributed by atoms with E-state index in [2.05, 4.69) is 50.9 Å². The molecule has 1 aliphatic carbocycles. The van der Waals surface area contributed by atoms with Crippen molar-refractivity contribution in [2.24, 2.45) is 11.8 Å². The molecule has 8 heteroatoms. The number of imidazole rings is 1. The highest BCUT2D eigenvalue weighted by Gasteiger charge is 2.47. The number of hydrogen-bond donors (Lipinski definition) is 2. The maximum Gasteiger partial charge on any atom is 0.290 e. The van der Waals surface area contributed by atoms with Crippen molar-refractivity contribution < 1.29 is 19.8 Å². The van der Waals surface area contributed by atoms with Crippen LogP contribution in [0.3, 0.4) is 0 Å². The van der Waals surface area contributed by atoms with E-state index in [1.54, 1.807) is 0 Å². The molecule has 0 unspecified atom stereocenters. The quantitative estimate of drug-likeness (QED) is 0.629. The molecule has 4 aliphatic rings. The van der Waals surface area contributed by atoms with Crippen LogP contribution in [0.4, 0.5) is 0 Å². The number of hydrogen-bond acceptors (Lipinski definition) is 5. The average molecular weight is 483 g/mol. The number of benzene rings is 1. The Hall–Kier alpha value is -2.71. The molecule has 35 heavy (non-hydrogen) atoms. The van der Waals surface area contributed by atoms with Gasteiger partial charge in [0.1, 0.15) is 5.82 Å². The van der Waals surface area contributed by atoms with Crippen LogP contribution in [0.5, 0.6) is 0 Å². The Morgan fingerprint density at radius 2 is 1.69 bits per heavy atom. The van der Waals surface area contributed by atoms with Crippen LogP contribution in [0.1, 0.15) is 56.0 Å². The lowest BCUT2D eigenvalue weighted by atomic mass is 9.71. The molecule has 4 heterocycles. The van der Waals surface area contributed by atoms with Gasteiger partial charge in [0.05, 0.1) is 6.54 Å². The van der Waals surface area contributed by atoms with Gasteiger partial charge in [0, 0.05) is 43.6 Å². The van der Waals surface area contributed by atoms with Gasteiger partial charge in [-0.2, -0.15) is 0 Å². The second kappa shape index (κ2) is 12.3. The van der Waals surface area contributed by atoms with Gasteiger partial charge in [-0.05, 0) is 62.5 Å². The summed E-state index contributed by atoms with van der Waals surface area (Å²) in [6.07, 6.45) is 13.8. The topological polar surface area (TPSA) is 98.9 Å². The fourth-order valence-electron chi connectivity index (χ4n) is 6.62. The number of nitrogens with zero attached hydrogens (tertiary/aromatic N) is 4. The lowest BCUT2D eigenvalue weighted by Gasteiger charge is -2.57. The smallest absolute Gasteiger partial charge is 0.290 e. The van der Waals surface area contributed by atoms with E-state index < -0.39 is 0 Å². The number of piperidine rings is 3. The molecular formula is C27H38N4O4. The second-order valence-electron chi connectivity index (χ2n) is 10.2. The average Bonchev–Trinajstić information content (AvgIpc) is 3.62. The van der Waals surface area contributed by atoms with Gasteiger partial charge in [0.25, 0.3) is 12.9 Å². The number of carboxylic acid groups (broad SMARTS) is 2. The minimum atomic E-state index is -0.250. The highest BCUT2D eigenvalue weighted by molar-refractivity contribution is 5.33. The summed E-state index contributed by atoms with van der Waals surface area (Å²) >= 11 is 0. The van der Waals surface area contributed by atoms with E-state index in [1.807, 2.05) is 6.20 Å². The van der Waals surface area contributed by atoms with Gasteiger partial charge in [-0.1, -0.05) is 36.8 Å². The van der Waals surface area contributed by atoms with Crippen molar-refractivity contribution in [3.05, 3.63) is 54.1 Å². The molecule has 0 spiro atoms. The molecular weight excluding hydrogens is 444 g/mol. The normalized spacial score (nSPS) is 27.9. The van der Waals surface area contributed by atoms with E-state index in [1.165, 1.54) is 76.0 Å². The summed E-state index contributed by atoms with van der Waals surface area (Å²) < 4.78 is 2.46. The summed E-state index contributed by atoms with van der Waals surface area (Å²) in [5.41, 5.74) is 1.52. The lowest BCUT2D eigenvalue weighted by molar-refractivity contribution is -0.123. The number of aromatic nitrogens is 2. The zero-order valence-electron chi connectivity index (χ0n) is 20.4. The Labute approximate surface area is 207 Å². The fourth-order valence-corrected chi connectivity index (χ4v) is 6.62. The molecule has 2 aromatic rings. The van der Waals surface area contributed by atoms with Crippen LogP contribution in [-0.4, -0.2) is 74.2 Å². The van der Waals surface area contributed by atoms with Gasteiger partial charge in [-0.3, -0.25) is 19.4 Å². The van der Waals surface area contributed by atoms with Gasteiger partial charge in [-0.15, -0.1) is 0 Å². The van der Waals surface area contributed by atoms with E-state index in [0.717, 1.165) is 30.5 Å². The number of rotatable bonds is 5. The highest BCUT2D eigenvalue weighted by Crippen LogP contribution is 2.43. The van der Waals surface area contributed by atoms with Crippen LogP contribution in [0.15, 0.2) is 42.7 Å². The number of likely N-dealkylation sites (tertiary alicyclic amines) is 1. The first-order valence-corrected chi connectivity index (χ1v) is 12.9. The largest absolute Gasteiger partial charge is 0.483 e. The summed E-state index contributed by atoms with van der Waals surface area (Å²) in [7, 11) is 0. The Balaban J connectivity index is 0.000000440. The zero-order chi connectivity index (χ0) is 24.6. The molecule has 1 aromatic heterocycles. The molecule has 1 aromatic carbocycles. The molecule has 3 saturated heterocycles. The van der Waals surface area contributed by atoms with Crippen molar-refractivity contribution >= 4 is 12.9 Å². The van der Waals surface area contributed by atoms with Crippen molar-refractivity contribution in [3.63, 3.8) is 0 Å². The maximum atomic E-state index is 8.36. The first-order valence-electron chi connectivity index (χ1n) is 12.9. The third-order valence-corrected chi connectivity index (χ3v) is 8.04. The Morgan fingerprint density at radius 3 is 2.40 bits per heavy atom. The van der Waals surface area contributed by atoms with Crippen molar-refractivity contribution in [3.8, 4) is 0 Å². The van der Waals surface area contributed by atoms with Crippen molar-refractivity contribution in [1.82, 2.24) is 19.4 Å². The third-order valence-electron chi connectivity index (χ3n) is 8.04. The molecule has 6 rings (SSSR count). The zero-order valence-corrected chi connectivity index (χ0v) is 20.4. The summed E-state index contributed by atoms with van der Waals surface area (Å²) in [6.45, 7) is 4.38. The van der Waals surface area contributed by atoms with Crippen LogP contribution < -0.4 is 0 Å². The predicted octanol–water partition coefficient (Wildman–Crippen LogP) is 3.54. The van der Waals surface area contributed by atoms with Crippen LogP contribution in [0.25, 0.3) is 0 Å². The first-order chi connectivity index (χ1) is 17.2. The molecule has 3 aliphatic heterocycles. The summed E-state index contributed by atoms with van der Waals surface area (Å²) in [5.74, 6) is 2.95. The van der Waals surface area contributed by atoms with Crippen LogP contribution in [0.2, 0.25) is 0 Å². The lowest BCUT2D eigenvalue weighted by Crippen LogP contribution is -2.63. The molecule has 190 valence electrons.